The second-order valence-electron chi connectivity index (χ2n) is 8.11. The Morgan fingerprint density at radius 2 is 1.70 bits per heavy atom. The molecule has 5 nitrogen and oxygen atoms in total. The first kappa shape index (κ1) is 22.6. The highest BCUT2D eigenvalue weighted by Crippen LogP contribution is 2.35. The van der Waals surface area contributed by atoms with Gasteiger partial charge in [-0.2, -0.15) is 0 Å². The number of ether oxygens (including phenoxy) is 1. The summed E-state index contributed by atoms with van der Waals surface area (Å²) < 4.78 is 5.43. The molecule has 3 aromatic rings. The molecule has 2 amide bonds. The predicted molar refractivity (Wildman–Crippen MR) is 131 cm³/mol. The van der Waals surface area contributed by atoms with Crippen LogP contribution in [-0.2, 0) is 16.1 Å². The minimum Gasteiger partial charge on any atom is -0.496 e. The molecule has 0 spiro atoms. The van der Waals surface area contributed by atoms with Crippen molar-refractivity contribution >= 4 is 34.7 Å². The van der Waals surface area contributed by atoms with E-state index in [-0.39, 0.29) is 24.1 Å². The fourth-order valence-corrected chi connectivity index (χ4v) is 4.24. The third kappa shape index (κ3) is 4.24. The number of aryl methyl sites for hydroxylation is 2. The summed E-state index contributed by atoms with van der Waals surface area (Å²) in [6, 6.07) is 18.7. The lowest BCUT2D eigenvalue weighted by Crippen LogP contribution is -2.32. The van der Waals surface area contributed by atoms with Crippen molar-refractivity contribution < 1.29 is 14.3 Å². The number of halogens is 1. The van der Waals surface area contributed by atoms with E-state index in [1.165, 1.54) is 4.90 Å². The molecule has 1 aliphatic rings. The number of nitrogens with zero attached hydrogens (tertiary/aromatic N) is 1. The lowest BCUT2D eigenvalue weighted by atomic mass is 9.97. The minimum absolute atomic E-state index is 0.107. The topological polar surface area (TPSA) is 58.6 Å². The van der Waals surface area contributed by atoms with Gasteiger partial charge in [-0.15, -0.1) is 0 Å². The molecule has 1 heterocycles. The highest BCUT2D eigenvalue weighted by atomic mass is 35.5. The number of hydrogen-bond donors (Lipinski definition) is 1. The van der Waals surface area contributed by atoms with E-state index in [4.69, 9.17) is 16.3 Å². The molecule has 0 atom stereocenters. The number of carbonyl (C=O) groups excluding carboxylic acids is 2. The van der Waals surface area contributed by atoms with Crippen molar-refractivity contribution in [2.24, 2.45) is 0 Å². The monoisotopic (exact) mass is 460 g/mol. The van der Waals surface area contributed by atoms with Gasteiger partial charge >= 0.3 is 0 Å². The van der Waals surface area contributed by atoms with Gasteiger partial charge in [0.15, 0.2) is 0 Å². The number of methoxy groups -OCH3 is 1. The molecule has 0 unspecified atom stereocenters. The predicted octanol–water partition coefficient (Wildman–Crippen LogP) is 5.67. The van der Waals surface area contributed by atoms with Crippen LogP contribution in [0.5, 0.6) is 5.75 Å². The summed E-state index contributed by atoms with van der Waals surface area (Å²) in [6.07, 6.45) is 0. The Labute approximate surface area is 198 Å². The van der Waals surface area contributed by atoms with Crippen LogP contribution >= 0.6 is 11.6 Å². The van der Waals surface area contributed by atoms with Crippen molar-refractivity contribution in [3.63, 3.8) is 0 Å². The summed E-state index contributed by atoms with van der Waals surface area (Å²) in [5.41, 5.74) is 5.56. The Balaban J connectivity index is 1.81. The van der Waals surface area contributed by atoms with Gasteiger partial charge in [-0.25, -0.2) is 0 Å². The van der Waals surface area contributed by atoms with Crippen LogP contribution in [0.2, 0.25) is 5.02 Å². The van der Waals surface area contributed by atoms with Gasteiger partial charge in [-0.3, -0.25) is 14.5 Å². The first-order chi connectivity index (χ1) is 15.8. The maximum absolute atomic E-state index is 13.7. The molecule has 33 heavy (non-hydrogen) atoms. The summed E-state index contributed by atoms with van der Waals surface area (Å²) in [7, 11) is 1.57. The van der Waals surface area contributed by atoms with E-state index in [0.717, 1.165) is 27.8 Å². The fourth-order valence-electron chi connectivity index (χ4n) is 4.06. The molecule has 168 valence electrons. The number of carbonyl (C=O) groups is 2. The summed E-state index contributed by atoms with van der Waals surface area (Å²) in [6.45, 7) is 5.92. The molecule has 0 aliphatic carbocycles. The third-order valence-corrected chi connectivity index (χ3v) is 6.28. The second-order valence-corrected chi connectivity index (χ2v) is 8.52. The largest absolute Gasteiger partial charge is 0.496 e. The summed E-state index contributed by atoms with van der Waals surface area (Å²) in [4.78, 5) is 28.5. The summed E-state index contributed by atoms with van der Waals surface area (Å²) in [5.74, 6) is -0.112. The van der Waals surface area contributed by atoms with Crippen LogP contribution in [0.15, 0.2) is 66.4 Å². The lowest BCUT2D eigenvalue weighted by Gasteiger charge is -2.17. The lowest BCUT2D eigenvalue weighted by molar-refractivity contribution is -0.137. The smallest absolute Gasteiger partial charge is 0.278 e. The molecule has 4 rings (SSSR count). The Bertz CT molecular complexity index is 1300. The molecule has 1 aliphatic heterocycles. The van der Waals surface area contributed by atoms with Gasteiger partial charge in [-0.1, -0.05) is 59.6 Å². The van der Waals surface area contributed by atoms with Crippen LogP contribution < -0.4 is 10.1 Å². The number of anilines is 1. The number of para-hydroxylation sites is 1. The van der Waals surface area contributed by atoms with Crippen molar-refractivity contribution in [2.45, 2.75) is 27.3 Å². The molecule has 0 saturated carbocycles. The molecule has 1 N–H and O–H groups in total. The Kier molecular flexibility index (Phi) is 6.25. The fraction of sp³-hybridized carbons (Fsp3) is 0.185. The van der Waals surface area contributed by atoms with Crippen molar-refractivity contribution in [2.75, 3.05) is 12.4 Å². The van der Waals surface area contributed by atoms with E-state index in [0.29, 0.717) is 22.0 Å². The van der Waals surface area contributed by atoms with E-state index in [1.54, 1.807) is 13.2 Å². The molecule has 0 radical (unpaired) electrons. The first-order valence-corrected chi connectivity index (χ1v) is 11.0. The average molecular weight is 461 g/mol. The van der Waals surface area contributed by atoms with E-state index < -0.39 is 0 Å². The Hall–Kier alpha value is -3.57. The van der Waals surface area contributed by atoms with Gasteiger partial charge in [0.05, 0.1) is 19.2 Å². The van der Waals surface area contributed by atoms with Gasteiger partial charge in [0, 0.05) is 16.3 Å². The number of imide groups is 1. The van der Waals surface area contributed by atoms with Gasteiger partial charge < -0.3 is 10.1 Å². The van der Waals surface area contributed by atoms with Crippen LogP contribution in [0.4, 0.5) is 5.69 Å². The standard InChI is InChI=1S/C27H25ClN2O3/c1-16-12-13-20(17(2)14-16)24-25(29-22-10-7-9-21(28)18(22)3)27(32)30(26(24)31)15-19-8-5-6-11-23(19)33-4/h5-14,29H,15H2,1-4H3. The average Bonchev–Trinajstić information content (AvgIpc) is 3.01. The third-order valence-electron chi connectivity index (χ3n) is 5.87. The van der Waals surface area contributed by atoms with Gasteiger partial charge in [0.25, 0.3) is 11.8 Å². The zero-order valence-electron chi connectivity index (χ0n) is 19.0. The molecule has 3 aromatic carbocycles. The zero-order valence-corrected chi connectivity index (χ0v) is 19.8. The van der Waals surface area contributed by atoms with Gasteiger partial charge in [0.2, 0.25) is 0 Å². The van der Waals surface area contributed by atoms with E-state index >= 15 is 0 Å². The molecule has 0 bridgehead atoms. The van der Waals surface area contributed by atoms with Gasteiger partial charge in [0.1, 0.15) is 11.4 Å². The summed E-state index contributed by atoms with van der Waals surface area (Å²) >= 11 is 6.30. The van der Waals surface area contributed by atoms with Crippen LogP contribution in [0.1, 0.15) is 27.8 Å². The quantitative estimate of drug-likeness (QED) is 0.482. The Morgan fingerprint density at radius 3 is 2.42 bits per heavy atom. The highest BCUT2D eigenvalue weighted by Gasteiger charge is 2.40. The highest BCUT2D eigenvalue weighted by molar-refractivity contribution is 6.37. The van der Waals surface area contributed by atoms with E-state index in [9.17, 15) is 9.59 Å². The SMILES string of the molecule is COc1ccccc1CN1C(=O)C(Nc2cccc(Cl)c2C)=C(c2ccc(C)cc2C)C1=O. The van der Waals surface area contributed by atoms with Gasteiger partial charge in [-0.05, 0) is 55.7 Å². The number of hydrogen-bond acceptors (Lipinski definition) is 4. The van der Waals surface area contributed by atoms with Crippen LogP contribution in [0.3, 0.4) is 0 Å². The zero-order chi connectivity index (χ0) is 23.7. The number of nitrogens with one attached hydrogen (secondary N) is 1. The molecular weight excluding hydrogens is 436 g/mol. The maximum atomic E-state index is 13.7. The number of amides is 2. The number of rotatable bonds is 6. The van der Waals surface area contributed by atoms with Crippen molar-refractivity contribution in [1.29, 1.82) is 0 Å². The van der Waals surface area contributed by atoms with Crippen LogP contribution in [0.25, 0.3) is 5.57 Å². The van der Waals surface area contributed by atoms with Crippen molar-refractivity contribution in [1.82, 2.24) is 4.90 Å². The molecular formula is C27H25ClN2O3. The first-order valence-electron chi connectivity index (χ1n) is 10.6. The van der Waals surface area contributed by atoms with Crippen LogP contribution in [0, 0.1) is 20.8 Å². The Morgan fingerprint density at radius 1 is 0.939 bits per heavy atom. The molecule has 6 heteroatoms. The van der Waals surface area contributed by atoms with Crippen molar-refractivity contribution in [3.05, 3.63) is 99.2 Å². The normalized spacial score (nSPS) is 13.7. The number of benzene rings is 3. The van der Waals surface area contributed by atoms with E-state index in [1.807, 2.05) is 75.4 Å². The molecule has 0 aromatic heterocycles. The minimum atomic E-state index is -0.389. The maximum Gasteiger partial charge on any atom is 0.278 e. The van der Waals surface area contributed by atoms with Crippen LogP contribution in [-0.4, -0.2) is 23.8 Å². The molecule has 0 fully saturated rings. The second kappa shape index (κ2) is 9.12. The summed E-state index contributed by atoms with van der Waals surface area (Å²) in [5, 5.41) is 3.80. The van der Waals surface area contributed by atoms with Crippen molar-refractivity contribution in [3.8, 4) is 5.75 Å². The van der Waals surface area contributed by atoms with E-state index in [2.05, 4.69) is 5.32 Å². The molecule has 0 saturated heterocycles.